The van der Waals surface area contributed by atoms with Gasteiger partial charge in [0.15, 0.2) is 0 Å². The van der Waals surface area contributed by atoms with Crippen molar-refractivity contribution < 1.29 is 4.74 Å². The van der Waals surface area contributed by atoms with Gasteiger partial charge in [-0.2, -0.15) is 0 Å². The first-order valence-electron chi connectivity index (χ1n) is 7.34. The molecule has 3 heteroatoms. The van der Waals surface area contributed by atoms with Crippen LogP contribution in [0.2, 0.25) is 5.02 Å². The first kappa shape index (κ1) is 14.8. The highest BCUT2D eigenvalue weighted by atomic mass is 35.5. The number of halogens is 1. The van der Waals surface area contributed by atoms with Crippen LogP contribution >= 0.6 is 11.6 Å². The largest absolute Gasteiger partial charge is 0.377 e. The van der Waals surface area contributed by atoms with Crippen LogP contribution in [0.3, 0.4) is 0 Å². The minimum absolute atomic E-state index is 0.367. The van der Waals surface area contributed by atoms with E-state index >= 15 is 0 Å². The minimum atomic E-state index is 0.367. The van der Waals surface area contributed by atoms with Crippen molar-refractivity contribution in [1.82, 2.24) is 5.32 Å². The van der Waals surface area contributed by atoms with Gasteiger partial charge in [0.2, 0.25) is 0 Å². The second-order valence-corrected chi connectivity index (χ2v) is 5.84. The number of hydrogen-bond donors (Lipinski definition) is 1. The maximum Gasteiger partial charge on any atom is 0.0726 e. The van der Waals surface area contributed by atoms with Gasteiger partial charge >= 0.3 is 0 Å². The smallest absolute Gasteiger partial charge is 0.0726 e. The first-order valence-corrected chi connectivity index (χ1v) is 7.71. The molecule has 0 aromatic heterocycles. The van der Waals surface area contributed by atoms with Crippen molar-refractivity contribution in [2.24, 2.45) is 0 Å². The van der Waals surface area contributed by atoms with Gasteiger partial charge in [0.05, 0.1) is 6.10 Å². The zero-order valence-electron chi connectivity index (χ0n) is 11.9. The van der Waals surface area contributed by atoms with Crippen molar-refractivity contribution in [2.75, 3.05) is 6.61 Å². The summed E-state index contributed by atoms with van der Waals surface area (Å²) in [5.41, 5.74) is 1.32. The average Bonchev–Trinajstić information content (AvgIpc) is 2.93. The lowest BCUT2D eigenvalue weighted by Gasteiger charge is -2.27. The van der Waals surface area contributed by atoms with Crippen LogP contribution in [0.15, 0.2) is 24.3 Å². The molecule has 1 N–H and O–H groups in total. The van der Waals surface area contributed by atoms with Gasteiger partial charge in [-0.3, -0.25) is 0 Å². The predicted molar refractivity (Wildman–Crippen MR) is 80.7 cm³/mol. The van der Waals surface area contributed by atoms with Gasteiger partial charge in [0.1, 0.15) is 0 Å². The van der Waals surface area contributed by atoms with Gasteiger partial charge < -0.3 is 10.1 Å². The molecule has 1 aromatic carbocycles. The molecule has 2 rings (SSSR count). The van der Waals surface area contributed by atoms with E-state index in [0.29, 0.717) is 18.2 Å². The Hall–Kier alpha value is -0.570. The third-order valence-corrected chi connectivity index (χ3v) is 4.09. The molecule has 1 heterocycles. The Labute approximate surface area is 121 Å². The number of rotatable bonds is 6. The quantitative estimate of drug-likeness (QED) is 0.838. The fourth-order valence-electron chi connectivity index (χ4n) is 2.75. The van der Waals surface area contributed by atoms with Crippen molar-refractivity contribution in [3.8, 4) is 0 Å². The molecular formula is C16H24ClNO. The number of benzene rings is 1. The Bertz CT molecular complexity index is 373. The monoisotopic (exact) mass is 281 g/mol. The zero-order valence-corrected chi connectivity index (χ0v) is 12.6. The van der Waals surface area contributed by atoms with Crippen molar-refractivity contribution >= 4 is 11.6 Å². The Morgan fingerprint density at radius 1 is 1.37 bits per heavy atom. The van der Waals surface area contributed by atoms with Crippen molar-refractivity contribution in [3.63, 3.8) is 0 Å². The molecule has 1 aliphatic rings. The molecule has 106 valence electrons. The lowest BCUT2D eigenvalue weighted by Crippen LogP contribution is -2.39. The average molecular weight is 282 g/mol. The molecule has 0 amide bonds. The van der Waals surface area contributed by atoms with E-state index < -0.39 is 0 Å². The summed E-state index contributed by atoms with van der Waals surface area (Å²) in [6.45, 7) is 5.37. The molecule has 1 aliphatic heterocycles. The summed E-state index contributed by atoms with van der Waals surface area (Å²) in [5, 5.41) is 4.52. The molecule has 0 spiro atoms. The van der Waals surface area contributed by atoms with Crippen LogP contribution in [-0.2, 0) is 4.74 Å². The van der Waals surface area contributed by atoms with E-state index in [0.717, 1.165) is 18.1 Å². The normalized spacial score (nSPS) is 22.4. The summed E-state index contributed by atoms with van der Waals surface area (Å²) in [7, 11) is 0. The maximum atomic E-state index is 5.96. The van der Waals surface area contributed by atoms with E-state index in [4.69, 9.17) is 16.3 Å². The second kappa shape index (κ2) is 7.28. The standard InChI is InChI=1S/C16H24ClNO/c1-3-5-15(13-7-9-14(17)10-8-13)18-12(2)16-6-4-11-19-16/h7-10,12,15-16,18H,3-6,11H2,1-2H3. The molecule has 3 atom stereocenters. The van der Waals surface area contributed by atoms with E-state index in [1.165, 1.54) is 24.8 Å². The van der Waals surface area contributed by atoms with E-state index in [9.17, 15) is 0 Å². The molecule has 1 saturated heterocycles. The molecular weight excluding hydrogens is 258 g/mol. The van der Waals surface area contributed by atoms with Crippen LogP contribution < -0.4 is 5.32 Å². The summed E-state index contributed by atoms with van der Waals surface area (Å²) in [6.07, 6.45) is 5.03. The summed E-state index contributed by atoms with van der Waals surface area (Å²) < 4.78 is 5.77. The lowest BCUT2D eigenvalue weighted by atomic mass is 10.00. The molecule has 2 nitrogen and oxygen atoms in total. The Morgan fingerprint density at radius 2 is 2.11 bits per heavy atom. The first-order chi connectivity index (χ1) is 9.20. The van der Waals surface area contributed by atoms with Gasteiger partial charge in [-0.05, 0) is 43.9 Å². The topological polar surface area (TPSA) is 21.3 Å². The highest BCUT2D eigenvalue weighted by molar-refractivity contribution is 6.30. The minimum Gasteiger partial charge on any atom is -0.377 e. The maximum absolute atomic E-state index is 5.96. The SMILES string of the molecule is CCCC(NC(C)C1CCCO1)c1ccc(Cl)cc1. The molecule has 1 fully saturated rings. The molecule has 0 saturated carbocycles. The van der Waals surface area contributed by atoms with E-state index in [-0.39, 0.29) is 0 Å². The zero-order chi connectivity index (χ0) is 13.7. The molecule has 0 bridgehead atoms. The number of hydrogen-bond acceptors (Lipinski definition) is 2. The highest BCUT2D eigenvalue weighted by Gasteiger charge is 2.24. The van der Waals surface area contributed by atoms with E-state index in [2.05, 4.69) is 31.3 Å². The van der Waals surface area contributed by atoms with Crippen LogP contribution in [0, 0.1) is 0 Å². The molecule has 1 aromatic rings. The van der Waals surface area contributed by atoms with Gasteiger partial charge in [-0.1, -0.05) is 37.1 Å². The molecule has 0 aliphatic carbocycles. The lowest BCUT2D eigenvalue weighted by molar-refractivity contribution is 0.0791. The highest BCUT2D eigenvalue weighted by Crippen LogP contribution is 2.23. The Morgan fingerprint density at radius 3 is 2.68 bits per heavy atom. The third kappa shape index (κ3) is 4.20. The van der Waals surface area contributed by atoms with Crippen molar-refractivity contribution in [2.45, 2.75) is 57.7 Å². The summed E-state index contributed by atoms with van der Waals surface area (Å²) in [5.74, 6) is 0. The van der Waals surface area contributed by atoms with E-state index in [1.807, 2.05) is 12.1 Å². The fraction of sp³-hybridized carbons (Fsp3) is 0.625. The van der Waals surface area contributed by atoms with Gasteiger partial charge in [-0.25, -0.2) is 0 Å². The van der Waals surface area contributed by atoms with Crippen LogP contribution in [0.1, 0.15) is 51.1 Å². The van der Waals surface area contributed by atoms with Crippen LogP contribution in [0.5, 0.6) is 0 Å². The van der Waals surface area contributed by atoms with E-state index in [1.54, 1.807) is 0 Å². The number of nitrogens with one attached hydrogen (secondary N) is 1. The third-order valence-electron chi connectivity index (χ3n) is 3.84. The second-order valence-electron chi connectivity index (χ2n) is 5.40. The van der Waals surface area contributed by atoms with Gasteiger partial charge in [-0.15, -0.1) is 0 Å². The summed E-state index contributed by atoms with van der Waals surface area (Å²) in [6, 6.07) is 8.97. The molecule has 3 unspecified atom stereocenters. The number of ether oxygens (including phenoxy) is 1. The van der Waals surface area contributed by atoms with Gasteiger partial charge in [0.25, 0.3) is 0 Å². The van der Waals surface area contributed by atoms with Gasteiger partial charge in [0, 0.05) is 23.7 Å². The van der Waals surface area contributed by atoms with Crippen molar-refractivity contribution in [3.05, 3.63) is 34.9 Å². The predicted octanol–water partition coefficient (Wildman–Crippen LogP) is 4.34. The Balaban J connectivity index is 2.00. The fourth-order valence-corrected chi connectivity index (χ4v) is 2.88. The molecule has 19 heavy (non-hydrogen) atoms. The Kier molecular flexibility index (Phi) is 5.68. The van der Waals surface area contributed by atoms with Crippen LogP contribution in [0.4, 0.5) is 0 Å². The van der Waals surface area contributed by atoms with Crippen molar-refractivity contribution in [1.29, 1.82) is 0 Å². The van der Waals surface area contributed by atoms with Crippen LogP contribution in [-0.4, -0.2) is 18.8 Å². The summed E-state index contributed by atoms with van der Waals surface area (Å²) >= 11 is 5.96. The van der Waals surface area contributed by atoms with Crippen LogP contribution in [0.25, 0.3) is 0 Å². The summed E-state index contributed by atoms with van der Waals surface area (Å²) in [4.78, 5) is 0. The molecule has 0 radical (unpaired) electrons.